The molecule has 1 aliphatic heterocycles. The number of rotatable bonds is 5. The van der Waals surface area contributed by atoms with Gasteiger partial charge in [-0.3, -0.25) is 0 Å². The maximum Gasteiger partial charge on any atom is 0.243 e. The molecule has 0 spiro atoms. The second-order valence-corrected chi connectivity index (χ2v) is 8.84. The highest BCUT2D eigenvalue weighted by molar-refractivity contribution is 7.89. The number of hydrogen-bond donors (Lipinski definition) is 0. The van der Waals surface area contributed by atoms with Crippen molar-refractivity contribution in [1.29, 1.82) is 5.26 Å². The van der Waals surface area contributed by atoms with Crippen molar-refractivity contribution in [2.75, 3.05) is 19.7 Å². The van der Waals surface area contributed by atoms with E-state index >= 15 is 0 Å². The number of nitriles is 1. The fourth-order valence-corrected chi connectivity index (χ4v) is 4.57. The predicted molar refractivity (Wildman–Crippen MR) is 95.0 cm³/mol. The zero-order valence-electron chi connectivity index (χ0n) is 13.6. The predicted octanol–water partition coefficient (Wildman–Crippen LogP) is 3.30. The van der Waals surface area contributed by atoms with Gasteiger partial charge < -0.3 is 4.74 Å². The minimum absolute atomic E-state index is 0.243. The van der Waals surface area contributed by atoms with Gasteiger partial charge in [0.15, 0.2) is 0 Å². The molecule has 0 unspecified atom stereocenters. The van der Waals surface area contributed by atoms with Crippen LogP contribution >= 0.6 is 11.6 Å². The molecule has 0 amide bonds. The van der Waals surface area contributed by atoms with E-state index in [1.165, 1.54) is 16.4 Å². The summed E-state index contributed by atoms with van der Waals surface area (Å²) in [5, 5.41) is 9.29. The molecule has 0 N–H and O–H groups in total. The zero-order valence-corrected chi connectivity index (χ0v) is 15.2. The fraction of sp³-hybridized carbons (Fsp3) is 0.278. The first-order valence-corrected chi connectivity index (χ1v) is 9.53. The molecule has 2 aromatic rings. The molecule has 3 rings (SSSR count). The second kappa shape index (κ2) is 6.68. The Kier molecular flexibility index (Phi) is 4.74. The summed E-state index contributed by atoms with van der Waals surface area (Å²) >= 11 is 5.81. The first-order valence-electron chi connectivity index (χ1n) is 7.71. The lowest BCUT2D eigenvalue weighted by atomic mass is 9.85. The lowest BCUT2D eigenvalue weighted by molar-refractivity contribution is 0.0360. The van der Waals surface area contributed by atoms with Gasteiger partial charge in [-0.2, -0.15) is 9.57 Å². The van der Waals surface area contributed by atoms with Crippen LogP contribution in [0.25, 0.3) is 0 Å². The number of halogens is 1. The van der Waals surface area contributed by atoms with Crippen LogP contribution < -0.4 is 4.74 Å². The summed E-state index contributed by atoms with van der Waals surface area (Å²) in [6.45, 7) is 3.19. The van der Waals surface area contributed by atoms with E-state index in [1.54, 1.807) is 36.4 Å². The van der Waals surface area contributed by atoms with Crippen LogP contribution in [0.2, 0.25) is 5.02 Å². The third-order valence-electron chi connectivity index (χ3n) is 4.14. The maximum atomic E-state index is 12.6. The van der Waals surface area contributed by atoms with Gasteiger partial charge in [-0.05, 0) is 48.5 Å². The molecular formula is C18H17ClN2O3S. The van der Waals surface area contributed by atoms with Crippen LogP contribution in [-0.4, -0.2) is 32.4 Å². The Bertz CT molecular complexity index is 897. The van der Waals surface area contributed by atoms with E-state index in [2.05, 4.69) is 6.07 Å². The van der Waals surface area contributed by atoms with E-state index in [0.717, 1.165) is 0 Å². The topological polar surface area (TPSA) is 70.4 Å². The average Bonchev–Trinajstić information content (AvgIpc) is 2.58. The first kappa shape index (κ1) is 17.7. The van der Waals surface area contributed by atoms with Crippen molar-refractivity contribution in [3.63, 3.8) is 0 Å². The van der Waals surface area contributed by atoms with E-state index in [4.69, 9.17) is 21.6 Å². The Morgan fingerprint density at radius 3 is 2.32 bits per heavy atom. The molecule has 0 saturated carbocycles. The summed E-state index contributed by atoms with van der Waals surface area (Å²) in [6, 6.07) is 15.1. The molecule has 2 aromatic carbocycles. The minimum Gasteiger partial charge on any atom is -0.493 e. The molecule has 0 bridgehead atoms. The normalized spacial score (nSPS) is 16.7. The van der Waals surface area contributed by atoms with Crippen molar-refractivity contribution in [3.8, 4) is 11.8 Å². The smallest absolute Gasteiger partial charge is 0.243 e. The highest BCUT2D eigenvalue weighted by atomic mass is 35.5. The lowest BCUT2D eigenvalue weighted by Gasteiger charge is -2.46. The number of hydrogen-bond acceptors (Lipinski definition) is 4. The standard InChI is InChI=1S/C18H17ClN2O3S/c1-18(13-24-16-6-2-14(10-20)3-7-16)11-21(12-18)25(22,23)17-8-4-15(19)5-9-17/h2-9H,11-13H2,1H3. The summed E-state index contributed by atoms with van der Waals surface area (Å²) < 4.78 is 32.3. The molecule has 7 heteroatoms. The van der Waals surface area contributed by atoms with Crippen molar-refractivity contribution >= 4 is 21.6 Å². The van der Waals surface area contributed by atoms with Gasteiger partial charge >= 0.3 is 0 Å². The van der Waals surface area contributed by atoms with E-state index in [-0.39, 0.29) is 10.3 Å². The molecule has 25 heavy (non-hydrogen) atoms. The van der Waals surface area contributed by atoms with Crippen LogP contribution in [-0.2, 0) is 10.0 Å². The Hall–Kier alpha value is -2.07. The summed E-state index contributed by atoms with van der Waals surface area (Å²) in [6.07, 6.45) is 0. The molecule has 130 valence electrons. The maximum absolute atomic E-state index is 12.6. The summed E-state index contributed by atoms with van der Waals surface area (Å²) in [5.41, 5.74) is 0.329. The fourth-order valence-electron chi connectivity index (χ4n) is 2.71. The van der Waals surface area contributed by atoms with Gasteiger partial charge in [0.2, 0.25) is 10.0 Å². The largest absolute Gasteiger partial charge is 0.493 e. The van der Waals surface area contributed by atoms with Gasteiger partial charge in [-0.15, -0.1) is 0 Å². The van der Waals surface area contributed by atoms with Crippen LogP contribution in [0.4, 0.5) is 0 Å². The molecule has 0 aliphatic carbocycles. The number of sulfonamides is 1. The van der Waals surface area contributed by atoms with Gasteiger partial charge in [0.05, 0.1) is 23.1 Å². The third-order valence-corrected chi connectivity index (χ3v) is 6.20. The number of benzene rings is 2. The minimum atomic E-state index is -3.50. The van der Waals surface area contributed by atoms with E-state index < -0.39 is 10.0 Å². The quantitative estimate of drug-likeness (QED) is 0.802. The first-order chi connectivity index (χ1) is 11.8. The van der Waals surface area contributed by atoms with Crippen molar-refractivity contribution in [3.05, 3.63) is 59.1 Å². The molecule has 0 aromatic heterocycles. The Labute approximate surface area is 152 Å². The molecule has 0 radical (unpaired) electrons. The number of nitrogens with zero attached hydrogens (tertiary/aromatic N) is 2. The van der Waals surface area contributed by atoms with E-state index in [9.17, 15) is 8.42 Å². The average molecular weight is 377 g/mol. The Morgan fingerprint density at radius 1 is 1.16 bits per heavy atom. The molecule has 1 saturated heterocycles. The van der Waals surface area contributed by atoms with Crippen molar-refractivity contribution in [2.45, 2.75) is 11.8 Å². The van der Waals surface area contributed by atoms with Crippen LogP contribution in [0.5, 0.6) is 5.75 Å². The van der Waals surface area contributed by atoms with Gasteiger partial charge in [-0.1, -0.05) is 18.5 Å². The summed E-state index contributed by atoms with van der Waals surface area (Å²) in [5.74, 6) is 0.666. The molecule has 1 fully saturated rings. The summed E-state index contributed by atoms with van der Waals surface area (Å²) in [7, 11) is -3.50. The van der Waals surface area contributed by atoms with Crippen LogP contribution in [0, 0.1) is 16.7 Å². The van der Waals surface area contributed by atoms with Gasteiger partial charge in [0.1, 0.15) is 5.75 Å². The summed E-state index contributed by atoms with van der Waals surface area (Å²) in [4.78, 5) is 0.243. The molecule has 1 heterocycles. The molecule has 1 aliphatic rings. The van der Waals surface area contributed by atoms with E-state index in [1.807, 2.05) is 6.92 Å². The van der Waals surface area contributed by atoms with Crippen LogP contribution in [0.1, 0.15) is 12.5 Å². The zero-order chi connectivity index (χ0) is 18.1. The van der Waals surface area contributed by atoms with Crippen molar-refractivity contribution < 1.29 is 13.2 Å². The second-order valence-electron chi connectivity index (χ2n) is 6.46. The SMILES string of the molecule is CC1(COc2ccc(C#N)cc2)CN(S(=O)(=O)c2ccc(Cl)cc2)C1. The molecular weight excluding hydrogens is 360 g/mol. The Morgan fingerprint density at radius 2 is 1.76 bits per heavy atom. The number of ether oxygens (including phenoxy) is 1. The van der Waals surface area contributed by atoms with Crippen LogP contribution in [0.15, 0.2) is 53.4 Å². The van der Waals surface area contributed by atoms with Crippen molar-refractivity contribution in [1.82, 2.24) is 4.31 Å². The van der Waals surface area contributed by atoms with Gasteiger partial charge in [-0.25, -0.2) is 8.42 Å². The van der Waals surface area contributed by atoms with Gasteiger partial charge in [0, 0.05) is 23.5 Å². The highest BCUT2D eigenvalue weighted by Crippen LogP contribution is 2.35. The lowest BCUT2D eigenvalue weighted by Crippen LogP contribution is -2.59. The van der Waals surface area contributed by atoms with E-state index in [0.29, 0.717) is 36.0 Å². The Balaban J connectivity index is 1.60. The monoisotopic (exact) mass is 376 g/mol. The van der Waals surface area contributed by atoms with Crippen LogP contribution in [0.3, 0.4) is 0 Å². The van der Waals surface area contributed by atoms with Gasteiger partial charge in [0.25, 0.3) is 0 Å². The molecule has 5 nitrogen and oxygen atoms in total. The molecule has 0 atom stereocenters. The third kappa shape index (κ3) is 3.79. The highest BCUT2D eigenvalue weighted by Gasteiger charge is 2.45. The van der Waals surface area contributed by atoms with Crippen molar-refractivity contribution in [2.24, 2.45) is 5.41 Å².